The van der Waals surface area contributed by atoms with Gasteiger partial charge in [-0.15, -0.1) is 0 Å². The van der Waals surface area contributed by atoms with E-state index in [1.807, 2.05) is 19.1 Å². The molecule has 0 fully saturated rings. The minimum Gasteiger partial charge on any atom is -0.467 e. The van der Waals surface area contributed by atoms with Gasteiger partial charge in [0, 0.05) is 4.47 Å². The molecule has 2 rings (SSSR count). The molecule has 1 N–H and O–H groups in total. The van der Waals surface area contributed by atoms with Gasteiger partial charge in [-0.05, 0) is 31.2 Å². The molecule has 2 nitrogen and oxygen atoms in total. The van der Waals surface area contributed by atoms with Crippen LogP contribution in [0.15, 0.2) is 39.4 Å². The van der Waals surface area contributed by atoms with E-state index in [4.69, 9.17) is 27.6 Å². The number of rotatable bonds is 3. The summed E-state index contributed by atoms with van der Waals surface area (Å²) in [5, 5.41) is 4.37. The van der Waals surface area contributed by atoms with Crippen LogP contribution in [0.1, 0.15) is 18.7 Å². The Labute approximate surface area is 118 Å². The van der Waals surface area contributed by atoms with Crippen molar-refractivity contribution in [1.82, 2.24) is 0 Å². The molecule has 1 aromatic carbocycles. The normalized spacial score (nSPS) is 12.5. The Morgan fingerprint density at radius 2 is 1.94 bits per heavy atom. The summed E-state index contributed by atoms with van der Waals surface area (Å²) in [5.74, 6) is 0.833. The van der Waals surface area contributed by atoms with Gasteiger partial charge in [-0.3, -0.25) is 0 Å². The second-order valence-electron chi connectivity index (χ2n) is 3.63. The summed E-state index contributed by atoms with van der Waals surface area (Å²) in [7, 11) is 0. The van der Waals surface area contributed by atoms with Crippen molar-refractivity contribution in [2.75, 3.05) is 5.32 Å². The third-order valence-electron chi connectivity index (χ3n) is 2.34. The van der Waals surface area contributed by atoms with E-state index in [1.165, 1.54) is 0 Å². The topological polar surface area (TPSA) is 25.2 Å². The van der Waals surface area contributed by atoms with Gasteiger partial charge in [-0.2, -0.15) is 0 Å². The van der Waals surface area contributed by atoms with E-state index in [0.717, 1.165) is 10.2 Å². The zero-order chi connectivity index (χ0) is 12.4. The van der Waals surface area contributed by atoms with Gasteiger partial charge in [0.25, 0.3) is 0 Å². The van der Waals surface area contributed by atoms with Crippen LogP contribution < -0.4 is 5.32 Å². The average Bonchev–Trinajstić information content (AvgIpc) is 2.76. The number of anilines is 1. The summed E-state index contributed by atoms with van der Waals surface area (Å²) in [6.07, 6.45) is 1.64. The van der Waals surface area contributed by atoms with E-state index in [-0.39, 0.29) is 6.04 Å². The van der Waals surface area contributed by atoms with Gasteiger partial charge < -0.3 is 9.73 Å². The quantitative estimate of drug-likeness (QED) is 0.799. The first-order valence-corrected chi connectivity index (χ1v) is 6.57. The molecule has 0 saturated carbocycles. The molecule has 1 atom stereocenters. The maximum Gasteiger partial charge on any atom is 0.125 e. The van der Waals surface area contributed by atoms with E-state index in [1.54, 1.807) is 18.4 Å². The van der Waals surface area contributed by atoms with Gasteiger partial charge in [0.2, 0.25) is 0 Å². The number of hydrogen-bond donors (Lipinski definition) is 1. The summed E-state index contributed by atoms with van der Waals surface area (Å²) < 4.78 is 6.16. The number of furan rings is 1. The lowest BCUT2D eigenvalue weighted by atomic mass is 10.2. The van der Waals surface area contributed by atoms with Crippen molar-refractivity contribution in [3.8, 4) is 0 Å². The van der Waals surface area contributed by atoms with E-state index >= 15 is 0 Å². The lowest BCUT2D eigenvalue weighted by molar-refractivity contribution is 0.490. The lowest BCUT2D eigenvalue weighted by Gasteiger charge is -2.15. The van der Waals surface area contributed by atoms with Crippen LogP contribution in [0.2, 0.25) is 10.0 Å². The Kier molecular flexibility index (Phi) is 4.02. The first-order chi connectivity index (χ1) is 8.08. The summed E-state index contributed by atoms with van der Waals surface area (Å²) >= 11 is 15.6. The smallest absolute Gasteiger partial charge is 0.125 e. The molecule has 0 bridgehead atoms. The molecule has 0 radical (unpaired) electrons. The highest BCUT2D eigenvalue weighted by Gasteiger charge is 2.13. The van der Waals surface area contributed by atoms with Crippen molar-refractivity contribution in [2.24, 2.45) is 0 Å². The molecular formula is C12H10BrCl2NO. The Hall–Kier alpha value is -0.640. The Morgan fingerprint density at radius 1 is 1.29 bits per heavy atom. The number of halogens is 3. The summed E-state index contributed by atoms with van der Waals surface area (Å²) in [6, 6.07) is 7.34. The van der Waals surface area contributed by atoms with Crippen molar-refractivity contribution < 1.29 is 4.42 Å². The zero-order valence-electron chi connectivity index (χ0n) is 9.01. The first-order valence-electron chi connectivity index (χ1n) is 5.02. The predicted molar refractivity (Wildman–Crippen MR) is 74.9 cm³/mol. The fourth-order valence-corrected chi connectivity index (χ4v) is 2.82. The monoisotopic (exact) mass is 333 g/mol. The van der Waals surface area contributed by atoms with Gasteiger partial charge >= 0.3 is 0 Å². The van der Waals surface area contributed by atoms with Crippen LogP contribution in [0, 0.1) is 0 Å². The van der Waals surface area contributed by atoms with Gasteiger partial charge in [0.1, 0.15) is 5.76 Å². The largest absolute Gasteiger partial charge is 0.467 e. The first kappa shape index (κ1) is 12.8. The number of benzene rings is 1. The van der Waals surface area contributed by atoms with Crippen molar-refractivity contribution in [2.45, 2.75) is 13.0 Å². The van der Waals surface area contributed by atoms with E-state index < -0.39 is 0 Å². The van der Waals surface area contributed by atoms with Crippen LogP contribution in [0.25, 0.3) is 0 Å². The highest BCUT2D eigenvalue weighted by Crippen LogP contribution is 2.35. The second kappa shape index (κ2) is 5.34. The summed E-state index contributed by atoms with van der Waals surface area (Å²) in [5.41, 5.74) is 0.709. The molecule has 0 spiro atoms. The van der Waals surface area contributed by atoms with Crippen molar-refractivity contribution >= 4 is 44.8 Å². The fourth-order valence-electron chi connectivity index (χ4n) is 1.51. The SMILES string of the molecule is CC(Nc1c(Cl)cc(Br)cc1Cl)c1ccco1. The molecule has 0 saturated heterocycles. The van der Waals surface area contributed by atoms with Crippen molar-refractivity contribution in [3.05, 3.63) is 50.8 Å². The Morgan fingerprint density at radius 3 is 2.47 bits per heavy atom. The van der Waals surface area contributed by atoms with E-state index in [2.05, 4.69) is 21.2 Å². The van der Waals surface area contributed by atoms with Crippen LogP contribution in [0.4, 0.5) is 5.69 Å². The van der Waals surface area contributed by atoms with Crippen LogP contribution in [-0.2, 0) is 0 Å². The Balaban J connectivity index is 2.25. The van der Waals surface area contributed by atoms with Crippen LogP contribution in [-0.4, -0.2) is 0 Å². The summed E-state index contributed by atoms with van der Waals surface area (Å²) in [6.45, 7) is 1.98. The van der Waals surface area contributed by atoms with Crippen molar-refractivity contribution in [3.63, 3.8) is 0 Å². The molecule has 17 heavy (non-hydrogen) atoms. The molecule has 2 aromatic rings. The maximum atomic E-state index is 6.13. The third-order valence-corrected chi connectivity index (χ3v) is 3.39. The molecule has 0 amide bonds. The second-order valence-corrected chi connectivity index (χ2v) is 5.36. The molecule has 5 heteroatoms. The van der Waals surface area contributed by atoms with Crippen LogP contribution >= 0.6 is 39.1 Å². The number of hydrogen-bond acceptors (Lipinski definition) is 2. The van der Waals surface area contributed by atoms with E-state index in [0.29, 0.717) is 15.7 Å². The van der Waals surface area contributed by atoms with Gasteiger partial charge in [-0.1, -0.05) is 39.1 Å². The predicted octanol–water partition coefficient (Wildman–Crippen LogP) is 5.52. The van der Waals surface area contributed by atoms with Gasteiger partial charge in [0.15, 0.2) is 0 Å². The lowest BCUT2D eigenvalue weighted by Crippen LogP contribution is -2.06. The highest BCUT2D eigenvalue weighted by molar-refractivity contribution is 9.10. The molecule has 0 aliphatic carbocycles. The molecule has 1 aromatic heterocycles. The minimum atomic E-state index is 0.00109. The standard InChI is InChI=1S/C12H10BrCl2NO/c1-7(11-3-2-4-17-11)16-12-9(14)5-8(13)6-10(12)15/h2-7,16H,1H3. The average molecular weight is 335 g/mol. The molecular weight excluding hydrogens is 325 g/mol. The van der Waals surface area contributed by atoms with E-state index in [9.17, 15) is 0 Å². The van der Waals surface area contributed by atoms with Gasteiger partial charge in [-0.25, -0.2) is 0 Å². The van der Waals surface area contributed by atoms with Crippen molar-refractivity contribution in [1.29, 1.82) is 0 Å². The highest BCUT2D eigenvalue weighted by atomic mass is 79.9. The Bertz CT molecular complexity index is 490. The minimum absolute atomic E-state index is 0.00109. The maximum absolute atomic E-state index is 6.13. The molecule has 1 heterocycles. The van der Waals surface area contributed by atoms with Gasteiger partial charge in [0.05, 0.1) is 28.0 Å². The molecule has 0 aliphatic heterocycles. The third kappa shape index (κ3) is 2.97. The molecule has 1 unspecified atom stereocenters. The van der Waals surface area contributed by atoms with Crippen LogP contribution in [0.5, 0.6) is 0 Å². The fraction of sp³-hybridized carbons (Fsp3) is 0.167. The zero-order valence-corrected chi connectivity index (χ0v) is 12.1. The summed E-state index contributed by atoms with van der Waals surface area (Å²) in [4.78, 5) is 0. The number of nitrogens with one attached hydrogen (secondary N) is 1. The molecule has 0 aliphatic rings. The molecule has 90 valence electrons. The van der Waals surface area contributed by atoms with Crippen LogP contribution in [0.3, 0.4) is 0 Å².